The average molecular weight is 221 g/mol. The van der Waals surface area contributed by atoms with Crippen molar-refractivity contribution in [1.29, 1.82) is 0 Å². The summed E-state index contributed by atoms with van der Waals surface area (Å²) in [5.74, 6) is 0.993. The summed E-state index contributed by atoms with van der Waals surface area (Å²) in [6.07, 6.45) is 0.0576. The number of hydrogen-bond acceptors (Lipinski definition) is 2. The fourth-order valence-corrected chi connectivity index (χ4v) is 1.65. The van der Waals surface area contributed by atoms with Crippen molar-refractivity contribution in [1.82, 2.24) is 0 Å². The SMILES string of the molecule is Cc1cccc(C(C)(C)C)c1OC(C)CN. The zero-order valence-electron chi connectivity index (χ0n) is 11.0. The maximum Gasteiger partial charge on any atom is 0.126 e. The number of hydrogen-bond donors (Lipinski definition) is 1. The summed E-state index contributed by atoms with van der Waals surface area (Å²) in [5, 5.41) is 0. The van der Waals surface area contributed by atoms with Crippen molar-refractivity contribution in [2.75, 3.05) is 6.54 Å². The number of para-hydroxylation sites is 1. The van der Waals surface area contributed by atoms with E-state index in [1.54, 1.807) is 0 Å². The molecule has 90 valence electrons. The van der Waals surface area contributed by atoms with Crippen LogP contribution < -0.4 is 10.5 Å². The molecule has 0 aliphatic heterocycles. The molecule has 2 nitrogen and oxygen atoms in total. The van der Waals surface area contributed by atoms with E-state index in [-0.39, 0.29) is 11.5 Å². The lowest BCUT2D eigenvalue weighted by atomic mass is 9.85. The molecule has 1 unspecified atom stereocenters. The van der Waals surface area contributed by atoms with Gasteiger partial charge in [-0.1, -0.05) is 39.0 Å². The van der Waals surface area contributed by atoms with Crippen LogP contribution in [0.25, 0.3) is 0 Å². The Balaban J connectivity index is 3.14. The highest BCUT2D eigenvalue weighted by molar-refractivity contribution is 5.44. The first-order valence-corrected chi connectivity index (χ1v) is 5.83. The van der Waals surface area contributed by atoms with Gasteiger partial charge in [-0.3, -0.25) is 0 Å². The van der Waals surface area contributed by atoms with Gasteiger partial charge in [0.25, 0.3) is 0 Å². The molecule has 1 aromatic rings. The van der Waals surface area contributed by atoms with Crippen molar-refractivity contribution >= 4 is 0 Å². The number of rotatable bonds is 3. The van der Waals surface area contributed by atoms with E-state index in [9.17, 15) is 0 Å². The lowest BCUT2D eigenvalue weighted by molar-refractivity contribution is 0.223. The number of aryl methyl sites for hydroxylation is 1. The zero-order chi connectivity index (χ0) is 12.3. The van der Waals surface area contributed by atoms with Gasteiger partial charge in [0.05, 0.1) is 0 Å². The molecule has 1 atom stereocenters. The molecule has 16 heavy (non-hydrogen) atoms. The zero-order valence-corrected chi connectivity index (χ0v) is 11.0. The fraction of sp³-hybridized carbons (Fsp3) is 0.571. The molecule has 0 heterocycles. The Hall–Kier alpha value is -1.02. The Morgan fingerprint density at radius 3 is 2.44 bits per heavy atom. The highest BCUT2D eigenvalue weighted by atomic mass is 16.5. The predicted molar refractivity (Wildman–Crippen MR) is 69.0 cm³/mol. The Morgan fingerprint density at radius 2 is 1.94 bits per heavy atom. The smallest absolute Gasteiger partial charge is 0.126 e. The maximum absolute atomic E-state index is 5.93. The van der Waals surface area contributed by atoms with Crippen LogP contribution in [-0.4, -0.2) is 12.6 Å². The molecule has 0 saturated heterocycles. The molecule has 2 heteroatoms. The second kappa shape index (κ2) is 4.88. The first-order chi connectivity index (χ1) is 7.36. The van der Waals surface area contributed by atoms with Gasteiger partial charge in [0.1, 0.15) is 11.9 Å². The van der Waals surface area contributed by atoms with E-state index in [0.29, 0.717) is 6.54 Å². The lowest BCUT2D eigenvalue weighted by Crippen LogP contribution is -2.25. The van der Waals surface area contributed by atoms with E-state index in [1.807, 2.05) is 6.92 Å². The van der Waals surface area contributed by atoms with Crippen molar-refractivity contribution < 1.29 is 4.74 Å². The van der Waals surface area contributed by atoms with E-state index in [4.69, 9.17) is 10.5 Å². The van der Waals surface area contributed by atoms with E-state index >= 15 is 0 Å². The summed E-state index contributed by atoms with van der Waals surface area (Å²) in [4.78, 5) is 0. The van der Waals surface area contributed by atoms with Gasteiger partial charge in [0.15, 0.2) is 0 Å². The first-order valence-electron chi connectivity index (χ1n) is 5.83. The molecule has 0 saturated carbocycles. The van der Waals surface area contributed by atoms with Crippen LogP contribution in [0.2, 0.25) is 0 Å². The molecule has 0 aromatic heterocycles. The second-order valence-corrected chi connectivity index (χ2v) is 5.37. The second-order valence-electron chi connectivity index (χ2n) is 5.37. The van der Waals surface area contributed by atoms with E-state index in [0.717, 1.165) is 5.75 Å². The van der Waals surface area contributed by atoms with Crippen molar-refractivity contribution in [2.45, 2.75) is 46.1 Å². The maximum atomic E-state index is 5.93. The summed E-state index contributed by atoms with van der Waals surface area (Å²) >= 11 is 0. The van der Waals surface area contributed by atoms with Crippen LogP contribution in [0.1, 0.15) is 38.8 Å². The molecule has 0 spiro atoms. The third-order valence-electron chi connectivity index (χ3n) is 2.67. The molecule has 0 aliphatic carbocycles. The molecular formula is C14H23NO. The quantitative estimate of drug-likeness (QED) is 0.851. The normalized spacial score (nSPS) is 13.6. The van der Waals surface area contributed by atoms with E-state index in [1.165, 1.54) is 11.1 Å². The summed E-state index contributed by atoms with van der Waals surface area (Å²) in [6.45, 7) is 11.2. The molecule has 0 fully saturated rings. The standard InChI is InChI=1S/C14H23NO/c1-10-7-6-8-12(14(3,4)5)13(10)16-11(2)9-15/h6-8,11H,9,15H2,1-5H3. The summed E-state index contributed by atoms with van der Waals surface area (Å²) in [7, 11) is 0. The van der Waals surface area contributed by atoms with Crippen LogP contribution in [0, 0.1) is 6.92 Å². The van der Waals surface area contributed by atoms with E-state index < -0.39 is 0 Å². The average Bonchev–Trinajstić information content (AvgIpc) is 2.19. The molecule has 0 radical (unpaired) electrons. The minimum atomic E-state index is 0.0576. The molecule has 2 N–H and O–H groups in total. The minimum Gasteiger partial charge on any atom is -0.489 e. The lowest BCUT2D eigenvalue weighted by Gasteiger charge is -2.26. The highest BCUT2D eigenvalue weighted by Crippen LogP contribution is 2.34. The topological polar surface area (TPSA) is 35.2 Å². The van der Waals surface area contributed by atoms with Gasteiger partial charge in [-0.05, 0) is 30.4 Å². The van der Waals surface area contributed by atoms with Gasteiger partial charge < -0.3 is 10.5 Å². The van der Waals surface area contributed by atoms with Crippen LogP contribution in [0.3, 0.4) is 0 Å². The molecule has 0 bridgehead atoms. The molecular weight excluding hydrogens is 198 g/mol. The Bertz CT molecular complexity index is 352. The van der Waals surface area contributed by atoms with Gasteiger partial charge in [-0.2, -0.15) is 0 Å². The largest absolute Gasteiger partial charge is 0.489 e. The third kappa shape index (κ3) is 2.99. The van der Waals surface area contributed by atoms with Crippen LogP contribution in [0.5, 0.6) is 5.75 Å². The Kier molecular flexibility index (Phi) is 3.98. The van der Waals surface area contributed by atoms with Crippen molar-refractivity contribution in [3.63, 3.8) is 0 Å². The number of nitrogens with two attached hydrogens (primary N) is 1. The van der Waals surface area contributed by atoms with E-state index in [2.05, 4.69) is 45.9 Å². The Morgan fingerprint density at radius 1 is 1.31 bits per heavy atom. The summed E-state index contributed by atoms with van der Waals surface area (Å²) in [5.41, 5.74) is 8.11. The van der Waals surface area contributed by atoms with Gasteiger partial charge in [-0.25, -0.2) is 0 Å². The van der Waals surface area contributed by atoms with Crippen LogP contribution >= 0.6 is 0 Å². The first kappa shape index (κ1) is 13.0. The predicted octanol–water partition coefficient (Wildman–Crippen LogP) is 3.02. The van der Waals surface area contributed by atoms with Gasteiger partial charge in [0, 0.05) is 6.54 Å². The monoisotopic (exact) mass is 221 g/mol. The minimum absolute atomic E-state index is 0.0576. The molecule has 1 aromatic carbocycles. The summed E-state index contributed by atoms with van der Waals surface area (Å²) in [6, 6.07) is 6.29. The van der Waals surface area contributed by atoms with Crippen molar-refractivity contribution in [2.24, 2.45) is 5.73 Å². The third-order valence-corrected chi connectivity index (χ3v) is 2.67. The summed E-state index contributed by atoms with van der Waals surface area (Å²) < 4.78 is 5.93. The number of benzene rings is 1. The molecule has 0 amide bonds. The van der Waals surface area contributed by atoms with Crippen molar-refractivity contribution in [3.05, 3.63) is 29.3 Å². The van der Waals surface area contributed by atoms with Gasteiger partial charge in [0.2, 0.25) is 0 Å². The molecule has 1 rings (SSSR count). The Labute approximate surface area is 98.8 Å². The van der Waals surface area contributed by atoms with Crippen LogP contribution in [-0.2, 0) is 5.41 Å². The van der Waals surface area contributed by atoms with Crippen LogP contribution in [0.15, 0.2) is 18.2 Å². The van der Waals surface area contributed by atoms with Crippen LogP contribution in [0.4, 0.5) is 0 Å². The number of ether oxygens (including phenoxy) is 1. The molecule has 0 aliphatic rings. The van der Waals surface area contributed by atoms with Crippen molar-refractivity contribution in [3.8, 4) is 5.75 Å². The highest BCUT2D eigenvalue weighted by Gasteiger charge is 2.20. The van der Waals surface area contributed by atoms with Gasteiger partial charge in [-0.15, -0.1) is 0 Å². The van der Waals surface area contributed by atoms with Gasteiger partial charge >= 0.3 is 0 Å². The fourth-order valence-electron chi connectivity index (χ4n) is 1.65.